The second kappa shape index (κ2) is 4.69. The Morgan fingerprint density at radius 1 is 1.36 bits per heavy atom. The molecule has 0 spiro atoms. The standard InChI is InChI=1S/C10H17N3.ClH/c1-13-9(7-10(11)12-13)8-5-3-2-4-6-8;/h7-8H,2-6H2,1H3,(H2,11,12);1H. The Hall–Kier alpha value is -0.700. The lowest BCUT2D eigenvalue weighted by Gasteiger charge is -2.21. The first-order chi connectivity index (χ1) is 6.27. The summed E-state index contributed by atoms with van der Waals surface area (Å²) in [5, 5.41) is 4.18. The zero-order valence-electron chi connectivity index (χ0n) is 8.57. The first kappa shape index (κ1) is 11.4. The van der Waals surface area contributed by atoms with Gasteiger partial charge in [-0.3, -0.25) is 4.68 Å². The minimum atomic E-state index is 0. The SMILES string of the molecule is Cl.Cn1nc(N)cc1C1CCCCC1. The van der Waals surface area contributed by atoms with Crippen molar-refractivity contribution in [3.63, 3.8) is 0 Å². The highest BCUT2D eigenvalue weighted by Gasteiger charge is 2.18. The highest BCUT2D eigenvalue weighted by atomic mass is 35.5. The van der Waals surface area contributed by atoms with Crippen LogP contribution in [0, 0.1) is 0 Å². The van der Waals surface area contributed by atoms with Crippen LogP contribution >= 0.6 is 12.4 Å². The van der Waals surface area contributed by atoms with Gasteiger partial charge < -0.3 is 5.73 Å². The van der Waals surface area contributed by atoms with Crippen LogP contribution in [-0.2, 0) is 7.05 Å². The van der Waals surface area contributed by atoms with Gasteiger partial charge in [0, 0.05) is 24.7 Å². The van der Waals surface area contributed by atoms with E-state index in [0.717, 1.165) is 0 Å². The van der Waals surface area contributed by atoms with E-state index in [2.05, 4.69) is 5.10 Å². The maximum Gasteiger partial charge on any atom is 0.145 e. The highest BCUT2D eigenvalue weighted by Crippen LogP contribution is 2.32. The molecule has 0 saturated heterocycles. The molecule has 0 amide bonds. The first-order valence-corrected chi connectivity index (χ1v) is 5.07. The Bertz CT molecular complexity index is 290. The largest absolute Gasteiger partial charge is 0.382 e. The molecule has 0 aliphatic heterocycles. The molecule has 1 aromatic rings. The average Bonchev–Trinajstić information content (AvgIpc) is 2.47. The fourth-order valence-electron chi connectivity index (χ4n) is 2.29. The number of hydrogen-bond acceptors (Lipinski definition) is 2. The number of nitrogen functional groups attached to an aromatic ring is 1. The van der Waals surface area contributed by atoms with E-state index in [0.29, 0.717) is 11.7 Å². The van der Waals surface area contributed by atoms with Gasteiger partial charge in [-0.15, -0.1) is 12.4 Å². The number of anilines is 1. The Labute approximate surface area is 91.1 Å². The van der Waals surface area contributed by atoms with Crippen LogP contribution in [0.4, 0.5) is 5.82 Å². The molecule has 14 heavy (non-hydrogen) atoms. The molecule has 1 fully saturated rings. The molecule has 1 aliphatic rings. The maximum atomic E-state index is 5.65. The number of nitrogens with zero attached hydrogens (tertiary/aromatic N) is 2. The van der Waals surface area contributed by atoms with Gasteiger partial charge in [-0.05, 0) is 12.8 Å². The molecule has 0 radical (unpaired) electrons. The molecule has 3 nitrogen and oxygen atoms in total. The minimum Gasteiger partial charge on any atom is -0.382 e. The number of rotatable bonds is 1. The van der Waals surface area contributed by atoms with Crippen molar-refractivity contribution >= 4 is 18.2 Å². The Morgan fingerprint density at radius 3 is 2.50 bits per heavy atom. The van der Waals surface area contributed by atoms with E-state index < -0.39 is 0 Å². The van der Waals surface area contributed by atoms with Crippen molar-refractivity contribution in [3.05, 3.63) is 11.8 Å². The third kappa shape index (κ3) is 2.21. The number of aromatic nitrogens is 2. The highest BCUT2D eigenvalue weighted by molar-refractivity contribution is 5.85. The number of aryl methyl sites for hydroxylation is 1. The van der Waals surface area contributed by atoms with Gasteiger partial charge in [0.15, 0.2) is 0 Å². The van der Waals surface area contributed by atoms with Crippen molar-refractivity contribution < 1.29 is 0 Å². The minimum absolute atomic E-state index is 0. The van der Waals surface area contributed by atoms with Gasteiger partial charge >= 0.3 is 0 Å². The summed E-state index contributed by atoms with van der Waals surface area (Å²) in [5.74, 6) is 1.35. The molecule has 0 bridgehead atoms. The Morgan fingerprint density at radius 2 is 2.00 bits per heavy atom. The van der Waals surface area contributed by atoms with Crippen LogP contribution in [0.2, 0.25) is 0 Å². The normalized spacial score (nSPS) is 17.8. The summed E-state index contributed by atoms with van der Waals surface area (Å²) >= 11 is 0. The quantitative estimate of drug-likeness (QED) is 0.782. The maximum absolute atomic E-state index is 5.65. The van der Waals surface area contributed by atoms with E-state index >= 15 is 0 Å². The second-order valence-corrected chi connectivity index (χ2v) is 3.95. The topological polar surface area (TPSA) is 43.8 Å². The lowest BCUT2D eigenvalue weighted by atomic mass is 9.87. The summed E-state index contributed by atoms with van der Waals surface area (Å²) in [4.78, 5) is 0. The summed E-state index contributed by atoms with van der Waals surface area (Å²) in [6, 6.07) is 2.02. The van der Waals surface area contributed by atoms with Gasteiger partial charge in [-0.2, -0.15) is 5.10 Å². The number of hydrogen-bond donors (Lipinski definition) is 1. The fraction of sp³-hybridized carbons (Fsp3) is 0.700. The van der Waals surface area contributed by atoms with E-state index in [4.69, 9.17) is 5.73 Å². The van der Waals surface area contributed by atoms with Gasteiger partial charge in [0.2, 0.25) is 0 Å². The summed E-state index contributed by atoms with van der Waals surface area (Å²) in [7, 11) is 1.99. The van der Waals surface area contributed by atoms with Crippen molar-refractivity contribution in [1.29, 1.82) is 0 Å². The average molecular weight is 216 g/mol. The lowest BCUT2D eigenvalue weighted by molar-refractivity contribution is 0.424. The molecule has 2 N–H and O–H groups in total. The van der Waals surface area contributed by atoms with E-state index in [1.165, 1.54) is 37.8 Å². The molecule has 1 aliphatic carbocycles. The predicted octanol–water partition coefficient (Wildman–Crippen LogP) is 2.47. The number of nitrogens with two attached hydrogens (primary N) is 1. The van der Waals surface area contributed by atoms with Crippen molar-refractivity contribution in [2.75, 3.05) is 5.73 Å². The Balaban J connectivity index is 0.000000980. The zero-order valence-corrected chi connectivity index (χ0v) is 9.39. The van der Waals surface area contributed by atoms with Gasteiger partial charge in [0.05, 0.1) is 0 Å². The monoisotopic (exact) mass is 215 g/mol. The molecule has 0 atom stereocenters. The first-order valence-electron chi connectivity index (χ1n) is 5.07. The molecule has 0 unspecified atom stereocenters. The summed E-state index contributed by atoms with van der Waals surface area (Å²) in [5.41, 5.74) is 6.97. The molecule has 80 valence electrons. The van der Waals surface area contributed by atoms with Gasteiger partial charge in [0.25, 0.3) is 0 Å². The predicted molar refractivity (Wildman–Crippen MR) is 60.7 cm³/mol. The Kier molecular flexibility index (Phi) is 3.81. The third-order valence-corrected chi connectivity index (χ3v) is 2.96. The second-order valence-electron chi connectivity index (χ2n) is 3.95. The molecule has 1 heterocycles. The van der Waals surface area contributed by atoms with E-state index in [-0.39, 0.29) is 12.4 Å². The fourth-order valence-corrected chi connectivity index (χ4v) is 2.29. The summed E-state index contributed by atoms with van der Waals surface area (Å²) < 4.78 is 1.94. The summed E-state index contributed by atoms with van der Waals surface area (Å²) in [6.07, 6.45) is 6.72. The van der Waals surface area contributed by atoms with Crippen LogP contribution in [0.25, 0.3) is 0 Å². The smallest absolute Gasteiger partial charge is 0.145 e. The molecular formula is C10H18ClN3. The van der Waals surface area contributed by atoms with E-state index in [1.54, 1.807) is 0 Å². The lowest BCUT2D eigenvalue weighted by Crippen LogP contribution is -2.09. The molecular weight excluding hydrogens is 198 g/mol. The molecule has 4 heteroatoms. The van der Waals surface area contributed by atoms with Gasteiger partial charge in [-0.1, -0.05) is 19.3 Å². The number of halogens is 1. The van der Waals surface area contributed by atoms with Crippen molar-refractivity contribution in [3.8, 4) is 0 Å². The van der Waals surface area contributed by atoms with Crippen LogP contribution in [-0.4, -0.2) is 9.78 Å². The van der Waals surface area contributed by atoms with E-state index in [9.17, 15) is 0 Å². The van der Waals surface area contributed by atoms with Crippen molar-refractivity contribution in [1.82, 2.24) is 9.78 Å². The van der Waals surface area contributed by atoms with Crippen LogP contribution in [0.5, 0.6) is 0 Å². The van der Waals surface area contributed by atoms with Gasteiger partial charge in [0.1, 0.15) is 5.82 Å². The molecule has 1 saturated carbocycles. The van der Waals surface area contributed by atoms with Crippen molar-refractivity contribution in [2.45, 2.75) is 38.0 Å². The van der Waals surface area contributed by atoms with Crippen LogP contribution < -0.4 is 5.73 Å². The van der Waals surface area contributed by atoms with Crippen LogP contribution in [0.1, 0.15) is 43.7 Å². The molecule has 1 aromatic heterocycles. The molecule has 2 rings (SSSR count). The molecule has 0 aromatic carbocycles. The van der Waals surface area contributed by atoms with Crippen molar-refractivity contribution in [2.24, 2.45) is 7.05 Å². The van der Waals surface area contributed by atoms with Gasteiger partial charge in [-0.25, -0.2) is 0 Å². The summed E-state index contributed by atoms with van der Waals surface area (Å²) in [6.45, 7) is 0. The zero-order chi connectivity index (χ0) is 9.26. The van der Waals surface area contributed by atoms with Crippen LogP contribution in [0.3, 0.4) is 0 Å². The van der Waals surface area contributed by atoms with E-state index in [1.807, 2.05) is 17.8 Å². The third-order valence-electron chi connectivity index (χ3n) is 2.96. The van der Waals surface area contributed by atoms with Crippen LogP contribution in [0.15, 0.2) is 6.07 Å².